The molecule has 3 N–H and O–H groups in total. The van der Waals surface area contributed by atoms with Crippen LogP contribution in [0.1, 0.15) is 38.9 Å². The van der Waals surface area contributed by atoms with E-state index in [2.05, 4.69) is 40.5 Å². The number of aryl methyl sites for hydroxylation is 1. The zero-order valence-corrected chi connectivity index (χ0v) is 12.6. The van der Waals surface area contributed by atoms with Crippen LogP contribution in [0.5, 0.6) is 0 Å². The molecule has 1 heterocycles. The Balaban J connectivity index is 2.50. The highest BCUT2D eigenvalue weighted by atomic mass is 15.1. The lowest BCUT2D eigenvalue weighted by molar-refractivity contribution is 0.295. The Bertz CT molecular complexity index is 332. The Morgan fingerprint density at radius 2 is 2.11 bits per heavy atom. The van der Waals surface area contributed by atoms with Crippen LogP contribution in [0, 0.1) is 0 Å². The molecule has 5 heteroatoms. The van der Waals surface area contributed by atoms with E-state index >= 15 is 0 Å². The molecule has 1 unspecified atom stereocenters. The quantitative estimate of drug-likeness (QED) is 0.669. The predicted molar refractivity (Wildman–Crippen MR) is 80.1 cm³/mol. The summed E-state index contributed by atoms with van der Waals surface area (Å²) in [5.74, 6) is 0. The molecule has 0 aliphatic rings. The van der Waals surface area contributed by atoms with Crippen molar-refractivity contribution in [2.24, 2.45) is 5.73 Å². The second kappa shape index (κ2) is 9.07. The molecule has 0 aliphatic heterocycles. The van der Waals surface area contributed by atoms with Crippen LogP contribution in [-0.4, -0.2) is 47.2 Å². The van der Waals surface area contributed by atoms with Crippen molar-refractivity contribution in [1.82, 2.24) is 19.8 Å². The molecule has 1 rings (SSSR count). The summed E-state index contributed by atoms with van der Waals surface area (Å²) in [6, 6.07) is 0.199. The van der Waals surface area contributed by atoms with Gasteiger partial charge in [-0.3, -0.25) is 0 Å². The molecule has 19 heavy (non-hydrogen) atoms. The van der Waals surface area contributed by atoms with Crippen LogP contribution in [0.4, 0.5) is 0 Å². The van der Waals surface area contributed by atoms with Crippen molar-refractivity contribution in [3.8, 4) is 0 Å². The summed E-state index contributed by atoms with van der Waals surface area (Å²) in [6.45, 7) is 12.4. The van der Waals surface area contributed by atoms with Gasteiger partial charge < -0.3 is 20.5 Å². The molecule has 0 radical (unpaired) electrons. The lowest BCUT2D eigenvalue weighted by Gasteiger charge is -2.22. The van der Waals surface area contributed by atoms with Gasteiger partial charge in [-0.25, -0.2) is 4.98 Å². The molecule has 1 atom stereocenters. The highest BCUT2D eigenvalue weighted by molar-refractivity contribution is 5.06. The Morgan fingerprint density at radius 1 is 1.37 bits per heavy atom. The summed E-state index contributed by atoms with van der Waals surface area (Å²) < 4.78 is 2.20. The number of likely N-dealkylation sites (N-methyl/N-ethyl adjacent to an activating group) is 1. The average Bonchev–Trinajstić information content (AvgIpc) is 2.88. The molecule has 0 aliphatic carbocycles. The van der Waals surface area contributed by atoms with Gasteiger partial charge in [-0.05, 0) is 19.5 Å². The molecule has 5 nitrogen and oxygen atoms in total. The first kappa shape index (κ1) is 16.1. The molecule has 0 fully saturated rings. The summed E-state index contributed by atoms with van der Waals surface area (Å²) in [6.07, 6.45) is 4.94. The number of aromatic nitrogens is 2. The highest BCUT2D eigenvalue weighted by Gasteiger charge is 2.13. The average molecular weight is 267 g/mol. The van der Waals surface area contributed by atoms with Crippen molar-refractivity contribution in [2.75, 3.05) is 32.7 Å². The van der Waals surface area contributed by atoms with Crippen molar-refractivity contribution >= 4 is 0 Å². The van der Waals surface area contributed by atoms with Crippen molar-refractivity contribution < 1.29 is 0 Å². The van der Waals surface area contributed by atoms with Crippen molar-refractivity contribution in [3.05, 3.63) is 18.2 Å². The van der Waals surface area contributed by atoms with Crippen molar-refractivity contribution in [3.63, 3.8) is 0 Å². The number of nitrogens with two attached hydrogens (primary N) is 1. The van der Waals surface area contributed by atoms with Crippen LogP contribution in [0.2, 0.25) is 0 Å². The second-order valence-corrected chi connectivity index (χ2v) is 4.78. The van der Waals surface area contributed by atoms with Gasteiger partial charge >= 0.3 is 0 Å². The molecule has 0 aromatic carbocycles. The summed E-state index contributed by atoms with van der Waals surface area (Å²) in [5.41, 5.74) is 7.09. The number of rotatable bonds is 10. The lowest BCUT2D eigenvalue weighted by atomic mass is 10.2. The van der Waals surface area contributed by atoms with Gasteiger partial charge in [0.2, 0.25) is 0 Å². The third-order valence-corrected chi connectivity index (χ3v) is 3.51. The molecular weight excluding hydrogens is 238 g/mol. The number of imidazole rings is 1. The highest BCUT2D eigenvalue weighted by Crippen LogP contribution is 2.11. The summed E-state index contributed by atoms with van der Waals surface area (Å²) in [4.78, 5) is 6.65. The molecular formula is C14H29N5. The largest absolute Gasteiger partial charge is 0.333 e. The Kier molecular flexibility index (Phi) is 7.70. The zero-order chi connectivity index (χ0) is 14.1. The molecule has 0 spiro atoms. The van der Waals surface area contributed by atoms with Crippen LogP contribution in [0.25, 0.3) is 0 Å². The minimum atomic E-state index is 0.199. The van der Waals surface area contributed by atoms with Crippen LogP contribution in [0.15, 0.2) is 12.5 Å². The van der Waals surface area contributed by atoms with Crippen LogP contribution >= 0.6 is 0 Å². The molecule has 1 aromatic heterocycles. The van der Waals surface area contributed by atoms with E-state index in [9.17, 15) is 0 Å². The standard InChI is InChI=1S/C14H29N5/c1-4-8-19-12-16-11-14(19)13(10-15)17-7-9-18(5-2)6-3/h11-13,17H,4-10,15H2,1-3H3. The van der Waals surface area contributed by atoms with E-state index in [0.29, 0.717) is 6.54 Å². The van der Waals surface area contributed by atoms with E-state index in [-0.39, 0.29) is 6.04 Å². The minimum absolute atomic E-state index is 0.199. The van der Waals surface area contributed by atoms with Crippen LogP contribution in [-0.2, 0) is 6.54 Å². The molecule has 0 saturated heterocycles. The lowest BCUT2D eigenvalue weighted by Crippen LogP contribution is -2.36. The van der Waals surface area contributed by atoms with Crippen LogP contribution < -0.4 is 11.1 Å². The smallest absolute Gasteiger partial charge is 0.0948 e. The van der Waals surface area contributed by atoms with Gasteiger partial charge in [-0.1, -0.05) is 20.8 Å². The second-order valence-electron chi connectivity index (χ2n) is 4.78. The summed E-state index contributed by atoms with van der Waals surface area (Å²) in [5, 5.41) is 3.54. The third kappa shape index (κ3) is 4.93. The zero-order valence-electron chi connectivity index (χ0n) is 12.6. The van der Waals surface area contributed by atoms with Gasteiger partial charge in [0.25, 0.3) is 0 Å². The third-order valence-electron chi connectivity index (χ3n) is 3.51. The molecule has 0 saturated carbocycles. The number of nitrogens with one attached hydrogen (secondary N) is 1. The first-order chi connectivity index (χ1) is 9.26. The van der Waals surface area contributed by atoms with Crippen molar-refractivity contribution in [1.29, 1.82) is 0 Å². The maximum Gasteiger partial charge on any atom is 0.0948 e. The van der Waals surface area contributed by atoms with E-state index < -0.39 is 0 Å². The minimum Gasteiger partial charge on any atom is -0.333 e. The van der Waals surface area contributed by atoms with E-state index in [4.69, 9.17) is 5.73 Å². The van der Waals surface area contributed by atoms with E-state index in [1.165, 1.54) is 5.69 Å². The van der Waals surface area contributed by atoms with Crippen molar-refractivity contribution in [2.45, 2.75) is 39.8 Å². The first-order valence-corrected chi connectivity index (χ1v) is 7.42. The maximum absolute atomic E-state index is 5.89. The fourth-order valence-electron chi connectivity index (χ4n) is 2.29. The maximum atomic E-state index is 5.89. The van der Waals surface area contributed by atoms with E-state index in [1.54, 1.807) is 0 Å². The Labute approximate surface area is 117 Å². The van der Waals surface area contributed by atoms with E-state index in [1.807, 2.05) is 12.5 Å². The molecule has 1 aromatic rings. The predicted octanol–water partition coefficient (Wildman–Crippen LogP) is 1.22. The Morgan fingerprint density at radius 3 is 2.68 bits per heavy atom. The monoisotopic (exact) mass is 267 g/mol. The first-order valence-electron chi connectivity index (χ1n) is 7.42. The SMILES string of the molecule is CCCn1cncc1C(CN)NCCN(CC)CC. The fraction of sp³-hybridized carbons (Fsp3) is 0.786. The fourth-order valence-corrected chi connectivity index (χ4v) is 2.29. The van der Waals surface area contributed by atoms with E-state index in [0.717, 1.165) is 39.1 Å². The number of hydrogen-bond acceptors (Lipinski definition) is 4. The molecule has 0 amide bonds. The number of hydrogen-bond donors (Lipinski definition) is 2. The van der Waals surface area contributed by atoms with Gasteiger partial charge in [0.15, 0.2) is 0 Å². The van der Waals surface area contributed by atoms with Gasteiger partial charge in [-0.15, -0.1) is 0 Å². The topological polar surface area (TPSA) is 59.1 Å². The number of nitrogens with zero attached hydrogens (tertiary/aromatic N) is 3. The summed E-state index contributed by atoms with van der Waals surface area (Å²) >= 11 is 0. The Hall–Kier alpha value is -0.910. The van der Waals surface area contributed by atoms with Gasteiger partial charge in [-0.2, -0.15) is 0 Å². The van der Waals surface area contributed by atoms with Crippen LogP contribution in [0.3, 0.4) is 0 Å². The normalized spacial score (nSPS) is 13.1. The molecule has 0 bridgehead atoms. The summed E-state index contributed by atoms with van der Waals surface area (Å²) in [7, 11) is 0. The molecule has 110 valence electrons. The van der Waals surface area contributed by atoms with Gasteiger partial charge in [0, 0.05) is 32.4 Å². The van der Waals surface area contributed by atoms with Gasteiger partial charge in [0.1, 0.15) is 0 Å². The van der Waals surface area contributed by atoms with Gasteiger partial charge in [0.05, 0.1) is 18.1 Å².